The number of rotatable bonds is 5. The van der Waals surface area contributed by atoms with Crippen molar-refractivity contribution in [1.82, 2.24) is 20.5 Å². The second-order valence-electron chi connectivity index (χ2n) is 7.11. The van der Waals surface area contributed by atoms with Crippen molar-refractivity contribution < 1.29 is 4.79 Å². The predicted molar refractivity (Wildman–Crippen MR) is 113 cm³/mol. The van der Waals surface area contributed by atoms with Crippen LogP contribution in [0.3, 0.4) is 0 Å². The Kier molecular flexibility index (Phi) is 6.00. The van der Waals surface area contributed by atoms with E-state index in [-0.39, 0.29) is 11.8 Å². The maximum absolute atomic E-state index is 12.6. The maximum atomic E-state index is 12.6. The van der Waals surface area contributed by atoms with E-state index in [0.717, 1.165) is 42.2 Å². The van der Waals surface area contributed by atoms with Crippen LogP contribution >= 0.6 is 11.6 Å². The zero-order valence-electron chi connectivity index (χ0n) is 16.0. The van der Waals surface area contributed by atoms with Crippen molar-refractivity contribution in [3.8, 4) is 11.3 Å². The van der Waals surface area contributed by atoms with Gasteiger partial charge in [-0.05, 0) is 49.2 Å². The Morgan fingerprint density at radius 1 is 1.10 bits per heavy atom. The number of benzene rings is 1. The van der Waals surface area contributed by atoms with Crippen LogP contribution in [0.4, 0.5) is 5.82 Å². The molecule has 0 bridgehead atoms. The van der Waals surface area contributed by atoms with E-state index in [9.17, 15) is 4.79 Å². The Bertz CT molecular complexity index is 947. The molecule has 3 heterocycles. The maximum Gasteiger partial charge on any atom is 0.225 e. The Morgan fingerprint density at radius 3 is 2.69 bits per heavy atom. The smallest absolute Gasteiger partial charge is 0.225 e. The fourth-order valence-electron chi connectivity index (χ4n) is 3.49. The summed E-state index contributed by atoms with van der Waals surface area (Å²) >= 11 is 5.94. The molecule has 1 saturated heterocycles. The van der Waals surface area contributed by atoms with E-state index in [0.29, 0.717) is 18.1 Å². The van der Waals surface area contributed by atoms with E-state index in [2.05, 4.69) is 25.4 Å². The molecule has 7 heteroatoms. The molecule has 0 aliphatic carbocycles. The topological polar surface area (TPSA) is 71.0 Å². The van der Waals surface area contributed by atoms with E-state index in [1.807, 2.05) is 54.6 Å². The van der Waals surface area contributed by atoms with Crippen LogP contribution in [0.2, 0.25) is 5.02 Å². The molecule has 29 heavy (non-hydrogen) atoms. The lowest BCUT2D eigenvalue weighted by molar-refractivity contribution is -0.125. The highest BCUT2D eigenvalue weighted by Gasteiger charge is 2.26. The molecular weight excluding hydrogens is 386 g/mol. The molecule has 6 nitrogen and oxygen atoms in total. The number of hydrogen-bond acceptors (Lipinski definition) is 5. The fraction of sp³-hybridized carbons (Fsp3) is 0.273. The standard InChI is InChI=1S/C22H22ClN5O/c23-18-8-6-16(7-9-18)20-10-11-21(27-26-20)28-13-3-4-17(15-28)22(29)25-14-19-5-1-2-12-24-19/h1-2,5-12,17H,3-4,13-15H2,(H,25,29)/t17-/m1/s1. The van der Waals surface area contributed by atoms with Gasteiger partial charge in [-0.15, -0.1) is 10.2 Å². The number of aromatic nitrogens is 3. The number of anilines is 1. The van der Waals surface area contributed by atoms with Crippen molar-refractivity contribution in [2.75, 3.05) is 18.0 Å². The number of nitrogens with one attached hydrogen (secondary N) is 1. The highest BCUT2D eigenvalue weighted by atomic mass is 35.5. The van der Waals surface area contributed by atoms with Crippen LogP contribution in [-0.4, -0.2) is 34.2 Å². The summed E-state index contributed by atoms with van der Waals surface area (Å²) in [6, 6.07) is 17.1. The molecule has 1 N–H and O–H groups in total. The van der Waals surface area contributed by atoms with Gasteiger partial charge in [-0.3, -0.25) is 9.78 Å². The van der Waals surface area contributed by atoms with Crippen LogP contribution < -0.4 is 10.2 Å². The Morgan fingerprint density at radius 2 is 1.97 bits per heavy atom. The zero-order valence-corrected chi connectivity index (χ0v) is 16.7. The quantitative estimate of drug-likeness (QED) is 0.697. The van der Waals surface area contributed by atoms with Crippen LogP contribution in [0.1, 0.15) is 18.5 Å². The van der Waals surface area contributed by atoms with Gasteiger partial charge in [0.1, 0.15) is 0 Å². The highest BCUT2D eigenvalue weighted by Crippen LogP contribution is 2.24. The van der Waals surface area contributed by atoms with Gasteiger partial charge in [0.2, 0.25) is 5.91 Å². The molecule has 0 spiro atoms. The number of piperidine rings is 1. The first-order chi connectivity index (χ1) is 14.2. The summed E-state index contributed by atoms with van der Waals surface area (Å²) in [4.78, 5) is 19.0. The van der Waals surface area contributed by atoms with Crippen LogP contribution in [0.15, 0.2) is 60.8 Å². The Balaban J connectivity index is 1.37. The van der Waals surface area contributed by atoms with Gasteiger partial charge in [0.05, 0.1) is 23.9 Å². The van der Waals surface area contributed by atoms with Crippen LogP contribution in [0, 0.1) is 5.92 Å². The third kappa shape index (κ3) is 4.90. The number of carbonyl (C=O) groups is 1. The van der Waals surface area contributed by atoms with Gasteiger partial charge >= 0.3 is 0 Å². The van der Waals surface area contributed by atoms with Crippen LogP contribution in [-0.2, 0) is 11.3 Å². The van der Waals surface area contributed by atoms with Crippen molar-refractivity contribution in [3.63, 3.8) is 0 Å². The van der Waals surface area contributed by atoms with Crippen molar-refractivity contribution in [2.45, 2.75) is 19.4 Å². The fourth-order valence-corrected chi connectivity index (χ4v) is 3.62. The minimum Gasteiger partial charge on any atom is -0.354 e. The summed E-state index contributed by atoms with van der Waals surface area (Å²) in [6.45, 7) is 1.97. The van der Waals surface area contributed by atoms with Crippen molar-refractivity contribution in [3.05, 3.63) is 71.5 Å². The molecule has 0 unspecified atom stereocenters. The van der Waals surface area contributed by atoms with Gasteiger partial charge in [-0.25, -0.2) is 0 Å². The Labute approximate surface area is 174 Å². The molecule has 2 aromatic heterocycles. The molecule has 0 saturated carbocycles. The first kappa shape index (κ1) is 19.3. The molecule has 1 aliphatic heterocycles. The molecule has 1 aliphatic rings. The number of hydrogen-bond donors (Lipinski definition) is 1. The van der Waals surface area contributed by atoms with Crippen molar-refractivity contribution >= 4 is 23.3 Å². The van der Waals surface area contributed by atoms with Gasteiger partial charge in [-0.1, -0.05) is 29.8 Å². The zero-order chi connectivity index (χ0) is 20.1. The average Bonchev–Trinajstić information content (AvgIpc) is 2.79. The second-order valence-corrected chi connectivity index (χ2v) is 7.54. The van der Waals surface area contributed by atoms with Gasteiger partial charge in [0.15, 0.2) is 5.82 Å². The van der Waals surface area contributed by atoms with E-state index in [1.54, 1.807) is 6.20 Å². The van der Waals surface area contributed by atoms with E-state index in [4.69, 9.17) is 11.6 Å². The van der Waals surface area contributed by atoms with Crippen LogP contribution in [0.25, 0.3) is 11.3 Å². The lowest BCUT2D eigenvalue weighted by atomic mass is 9.97. The van der Waals surface area contributed by atoms with Gasteiger partial charge < -0.3 is 10.2 Å². The van der Waals surface area contributed by atoms with Crippen molar-refractivity contribution in [2.24, 2.45) is 5.92 Å². The number of amides is 1. The average molecular weight is 408 g/mol. The normalized spacial score (nSPS) is 16.4. The summed E-state index contributed by atoms with van der Waals surface area (Å²) in [5.74, 6) is 0.793. The largest absolute Gasteiger partial charge is 0.354 e. The first-order valence-corrected chi connectivity index (χ1v) is 10.1. The summed E-state index contributed by atoms with van der Waals surface area (Å²) in [6.07, 6.45) is 3.55. The van der Waals surface area contributed by atoms with Gasteiger partial charge in [0, 0.05) is 29.9 Å². The SMILES string of the molecule is O=C(NCc1ccccn1)[C@@H]1CCCN(c2ccc(-c3ccc(Cl)cc3)nn2)C1. The van der Waals surface area contributed by atoms with Gasteiger partial charge in [0.25, 0.3) is 0 Å². The summed E-state index contributed by atoms with van der Waals surface area (Å²) in [7, 11) is 0. The first-order valence-electron chi connectivity index (χ1n) is 9.71. The third-order valence-corrected chi connectivity index (χ3v) is 5.33. The van der Waals surface area contributed by atoms with E-state index >= 15 is 0 Å². The molecular formula is C22H22ClN5O. The Hall–Kier alpha value is -2.99. The van der Waals surface area contributed by atoms with Crippen LogP contribution in [0.5, 0.6) is 0 Å². The summed E-state index contributed by atoms with van der Waals surface area (Å²) in [5, 5.41) is 12.4. The lowest BCUT2D eigenvalue weighted by Gasteiger charge is -2.32. The second kappa shape index (κ2) is 9.01. The molecule has 0 radical (unpaired) electrons. The molecule has 3 aromatic rings. The van der Waals surface area contributed by atoms with E-state index in [1.165, 1.54) is 0 Å². The number of pyridine rings is 1. The molecule has 4 rings (SSSR count). The number of halogens is 1. The molecule has 1 amide bonds. The van der Waals surface area contributed by atoms with Gasteiger partial charge in [-0.2, -0.15) is 0 Å². The summed E-state index contributed by atoms with van der Waals surface area (Å²) in [5.41, 5.74) is 2.63. The van der Waals surface area contributed by atoms with E-state index < -0.39 is 0 Å². The summed E-state index contributed by atoms with van der Waals surface area (Å²) < 4.78 is 0. The lowest BCUT2D eigenvalue weighted by Crippen LogP contribution is -2.43. The highest BCUT2D eigenvalue weighted by molar-refractivity contribution is 6.30. The minimum atomic E-state index is -0.0646. The molecule has 1 aromatic carbocycles. The molecule has 148 valence electrons. The minimum absolute atomic E-state index is 0.0612. The number of carbonyl (C=O) groups excluding carboxylic acids is 1. The molecule has 1 atom stereocenters. The number of nitrogens with zero attached hydrogens (tertiary/aromatic N) is 4. The third-order valence-electron chi connectivity index (χ3n) is 5.08. The predicted octanol–water partition coefficient (Wildman–Crippen LogP) is 3.72. The molecule has 1 fully saturated rings. The monoisotopic (exact) mass is 407 g/mol. The van der Waals surface area contributed by atoms with Crippen molar-refractivity contribution in [1.29, 1.82) is 0 Å².